The molecule has 24 heavy (non-hydrogen) atoms. The van der Waals surface area contributed by atoms with Crippen molar-refractivity contribution in [2.45, 2.75) is 25.8 Å². The Labute approximate surface area is 140 Å². The van der Waals surface area contributed by atoms with Gasteiger partial charge in [-0.3, -0.25) is 9.78 Å². The number of fused-ring (bicyclic) bond motifs is 1. The molecule has 1 fully saturated rings. The first-order chi connectivity index (χ1) is 11.7. The first kappa shape index (κ1) is 16.1. The van der Waals surface area contributed by atoms with Crippen LogP contribution in [0, 0.1) is 17.2 Å². The first-order valence-corrected chi connectivity index (χ1v) is 7.94. The van der Waals surface area contributed by atoms with Gasteiger partial charge in [0.1, 0.15) is 24.2 Å². The van der Waals surface area contributed by atoms with Crippen molar-refractivity contribution in [1.82, 2.24) is 10.3 Å². The van der Waals surface area contributed by atoms with Gasteiger partial charge in [0, 0.05) is 23.4 Å². The van der Waals surface area contributed by atoms with Crippen LogP contribution in [-0.2, 0) is 4.79 Å². The van der Waals surface area contributed by atoms with Crippen LogP contribution in [0.1, 0.15) is 25.3 Å². The molecule has 2 unspecified atom stereocenters. The molecule has 0 radical (unpaired) electrons. The maximum atomic E-state index is 11.6. The highest BCUT2D eigenvalue weighted by Gasteiger charge is 2.31. The zero-order valence-electron chi connectivity index (χ0n) is 13.7. The van der Waals surface area contributed by atoms with Gasteiger partial charge in [-0.2, -0.15) is 5.26 Å². The number of ether oxygens (including phenoxy) is 2. The molecule has 1 N–H and O–H groups in total. The van der Waals surface area contributed by atoms with E-state index < -0.39 is 0 Å². The molecule has 1 aromatic heterocycles. The summed E-state index contributed by atoms with van der Waals surface area (Å²) < 4.78 is 11.2. The van der Waals surface area contributed by atoms with Gasteiger partial charge in [0.2, 0.25) is 5.91 Å². The Morgan fingerprint density at radius 3 is 2.92 bits per heavy atom. The van der Waals surface area contributed by atoms with Crippen LogP contribution in [-0.4, -0.2) is 30.6 Å². The van der Waals surface area contributed by atoms with Crippen LogP contribution in [0.25, 0.3) is 10.8 Å². The highest BCUT2D eigenvalue weighted by atomic mass is 16.5. The number of pyridine rings is 1. The summed E-state index contributed by atoms with van der Waals surface area (Å²) in [6.07, 6.45) is 4.82. The third-order valence-electron chi connectivity index (χ3n) is 4.47. The summed E-state index contributed by atoms with van der Waals surface area (Å²) in [4.78, 5) is 15.8. The maximum Gasteiger partial charge on any atom is 0.220 e. The monoisotopic (exact) mass is 325 g/mol. The van der Waals surface area contributed by atoms with E-state index in [9.17, 15) is 10.1 Å². The number of methoxy groups -OCH3 is 1. The highest BCUT2D eigenvalue weighted by molar-refractivity contribution is 5.90. The number of aromatic nitrogens is 1. The number of nitriles is 1. The lowest BCUT2D eigenvalue weighted by Crippen LogP contribution is -2.34. The molecule has 0 saturated carbocycles. The van der Waals surface area contributed by atoms with E-state index in [4.69, 9.17) is 9.47 Å². The molecule has 3 rings (SSSR count). The maximum absolute atomic E-state index is 11.6. The van der Waals surface area contributed by atoms with E-state index in [1.54, 1.807) is 24.5 Å². The molecule has 1 amide bonds. The average molecular weight is 325 g/mol. The Morgan fingerprint density at radius 2 is 2.21 bits per heavy atom. The minimum absolute atomic E-state index is 0.0121. The van der Waals surface area contributed by atoms with Gasteiger partial charge in [0.05, 0.1) is 24.9 Å². The number of nitrogens with one attached hydrogen (secondary N) is 1. The van der Waals surface area contributed by atoms with Crippen LogP contribution >= 0.6 is 0 Å². The van der Waals surface area contributed by atoms with E-state index in [-0.39, 0.29) is 11.9 Å². The summed E-state index contributed by atoms with van der Waals surface area (Å²) in [5.74, 6) is 1.49. The quantitative estimate of drug-likeness (QED) is 0.912. The van der Waals surface area contributed by atoms with E-state index >= 15 is 0 Å². The van der Waals surface area contributed by atoms with Crippen molar-refractivity contribution in [2.75, 3.05) is 13.7 Å². The summed E-state index contributed by atoms with van der Waals surface area (Å²) in [7, 11) is 1.53. The van der Waals surface area contributed by atoms with Gasteiger partial charge < -0.3 is 14.8 Å². The lowest BCUT2D eigenvalue weighted by molar-refractivity contribution is -0.119. The van der Waals surface area contributed by atoms with Crippen LogP contribution in [0.5, 0.6) is 11.5 Å². The van der Waals surface area contributed by atoms with Gasteiger partial charge >= 0.3 is 0 Å². The largest absolute Gasteiger partial charge is 0.495 e. The number of benzene rings is 1. The van der Waals surface area contributed by atoms with Crippen LogP contribution < -0.4 is 14.8 Å². The molecule has 2 atom stereocenters. The van der Waals surface area contributed by atoms with Gasteiger partial charge in [-0.1, -0.05) is 13.3 Å². The van der Waals surface area contributed by atoms with Crippen LogP contribution in [0.2, 0.25) is 0 Å². The number of hydrogen-bond acceptors (Lipinski definition) is 5. The Kier molecular flexibility index (Phi) is 4.52. The fraction of sp³-hybridized carbons (Fsp3) is 0.389. The van der Waals surface area contributed by atoms with Gasteiger partial charge in [0.15, 0.2) is 0 Å². The summed E-state index contributed by atoms with van der Waals surface area (Å²) in [6.45, 7) is 2.47. The molecular formula is C18H19N3O3. The van der Waals surface area contributed by atoms with E-state index in [1.165, 1.54) is 7.11 Å². The fourth-order valence-electron chi connectivity index (χ4n) is 3.09. The van der Waals surface area contributed by atoms with E-state index in [0.717, 1.165) is 17.2 Å². The van der Waals surface area contributed by atoms with E-state index in [1.807, 2.05) is 0 Å². The molecule has 1 aliphatic rings. The molecule has 1 saturated heterocycles. The Hall–Kier alpha value is -2.81. The molecule has 1 aliphatic heterocycles. The second kappa shape index (κ2) is 6.75. The summed E-state index contributed by atoms with van der Waals surface area (Å²) >= 11 is 0. The number of carbonyl (C=O) groups is 1. The van der Waals surface area contributed by atoms with Crippen molar-refractivity contribution in [3.05, 3.63) is 30.1 Å². The van der Waals surface area contributed by atoms with Crippen molar-refractivity contribution in [2.24, 2.45) is 5.92 Å². The van der Waals surface area contributed by atoms with Crippen LogP contribution in [0.4, 0.5) is 0 Å². The molecule has 2 heterocycles. The minimum atomic E-state index is 0.0121. The minimum Gasteiger partial charge on any atom is -0.495 e. The first-order valence-electron chi connectivity index (χ1n) is 7.94. The zero-order chi connectivity index (χ0) is 17.1. The molecule has 0 bridgehead atoms. The number of hydrogen-bond donors (Lipinski definition) is 1. The van der Waals surface area contributed by atoms with Crippen molar-refractivity contribution in [1.29, 1.82) is 5.26 Å². The second-order valence-electron chi connectivity index (χ2n) is 5.88. The molecular weight excluding hydrogens is 306 g/mol. The molecule has 0 aliphatic carbocycles. The molecule has 2 aromatic rings. The van der Waals surface area contributed by atoms with Gasteiger partial charge in [0.25, 0.3) is 0 Å². The smallest absolute Gasteiger partial charge is 0.220 e. The van der Waals surface area contributed by atoms with E-state index in [2.05, 4.69) is 23.3 Å². The topological polar surface area (TPSA) is 84.2 Å². The predicted molar refractivity (Wildman–Crippen MR) is 88.8 cm³/mol. The number of rotatable bonds is 5. The van der Waals surface area contributed by atoms with Crippen LogP contribution in [0.15, 0.2) is 24.5 Å². The van der Waals surface area contributed by atoms with E-state index in [0.29, 0.717) is 36.0 Å². The Balaban J connectivity index is 1.87. The molecule has 1 aromatic carbocycles. The summed E-state index contributed by atoms with van der Waals surface area (Å²) in [5.41, 5.74) is 0.457. The van der Waals surface area contributed by atoms with Crippen molar-refractivity contribution >= 4 is 16.7 Å². The number of nitrogens with zero attached hydrogens (tertiary/aromatic N) is 2. The molecule has 124 valence electrons. The standard InChI is InChI=1S/C18H19N3O3/c1-3-11-5-18(22)21-15(11)10-24-17-9-20-8-13-4-12(7-19)16(23-2)6-14(13)17/h4,6,8-9,11,15H,3,5,10H2,1-2H3,(H,21,22). The zero-order valence-corrected chi connectivity index (χ0v) is 13.7. The van der Waals surface area contributed by atoms with Gasteiger partial charge in [-0.05, 0) is 18.1 Å². The van der Waals surface area contributed by atoms with Crippen LogP contribution in [0.3, 0.4) is 0 Å². The average Bonchev–Trinajstić information content (AvgIpc) is 2.98. The lowest BCUT2D eigenvalue weighted by atomic mass is 9.98. The highest BCUT2D eigenvalue weighted by Crippen LogP contribution is 2.31. The van der Waals surface area contributed by atoms with Crippen molar-refractivity contribution in [3.63, 3.8) is 0 Å². The van der Waals surface area contributed by atoms with Gasteiger partial charge in [-0.15, -0.1) is 0 Å². The summed E-state index contributed by atoms with van der Waals surface area (Å²) in [6, 6.07) is 5.65. The second-order valence-corrected chi connectivity index (χ2v) is 5.88. The summed E-state index contributed by atoms with van der Waals surface area (Å²) in [5, 5.41) is 13.8. The number of carbonyl (C=O) groups excluding carboxylic acids is 1. The fourth-order valence-corrected chi connectivity index (χ4v) is 3.09. The predicted octanol–water partition coefficient (Wildman–Crippen LogP) is 2.41. The van der Waals surface area contributed by atoms with Crippen molar-refractivity contribution in [3.8, 4) is 17.6 Å². The molecule has 6 nitrogen and oxygen atoms in total. The normalized spacial score (nSPS) is 19.8. The molecule has 6 heteroatoms. The SMILES string of the molecule is CCC1CC(=O)NC1COc1cncc2cc(C#N)c(OC)cc12. The lowest BCUT2D eigenvalue weighted by Gasteiger charge is -2.18. The Morgan fingerprint density at radius 1 is 1.38 bits per heavy atom. The number of amides is 1. The molecule has 0 spiro atoms. The third-order valence-corrected chi connectivity index (χ3v) is 4.47. The van der Waals surface area contributed by atoms with Crippen molar-refractivity contribution < 1.29 is 14.3 Å². The Bertz CT molecular complexity index is 813. The third kappa shape index (κ3) is 2.98. The van der Waals surface area contributed by atoms with Gasteiger partial charge in [-0.25, -0.2) is 0 Å².